The molecule has 2 atom stereocenters. The van der Waals surface area contributed by atoms with Gasteiger partial charge >= 0.3 is 0 Å². The van der Waals surface area contributed by atoms with Crippen molar-refractivity contribution >= 4 is 52.1 Å². The summed E-state index contributed by atoms with van der Waals surface area (Å²) in [5.74, 6) is 0.198. The lowest BCUT2D eigenvalue weighted by Gasteiger charge is -2.28. The van der Waals surface area contributed by atoms with Crippen molar-refractivity contribution in [3.8, 4) is 0 Å². The van der Waals surface area contributed by atoms with E-state index in [1.807, 2.05) is 0 Å². The number of halogens is 4. The summed E-state index contributed by atoms with van der Waals surface area (Å²) in [6, 6.07) is 5.02. The van der Waals surface area contributed by atoms with Crippen molar-refractivity contribution in [1.82, 2.24) is 0 Å². The van der Waals surface area contributed by atoms with Gasteiger partial charge in [0.15, 0.2) is 0 Å². The van der Waals surface area contributed by atoms with Crippen molar-refractivity contribution in [2.24, 2.45) is 0 Å². The van der Waals surface area contributed by atoms with Crippen molar-refractivity contribution in [3.05, 3.63) is 28.2 Å². The highest BCUT2D eigenvalue weighted by molar-refractivity contribution is 6.35. The van der Waals surface area contributed by atoms with Crippen molar-refractivity contribution in [2.45, 2.75) is 12.2 Å². The molecule has 0 aliphatic rings. The van der Waals surface area contributed by atoms with Crippen LogP contribution in [-0.2, 0) is 0 Å². The van der Waals surface area contributed by atoms with Crippen molar-refractivity contribution < 1.29 is 10.2 Å². The van der Waals surface area contributed by atoms with Gasteiger partial charge in [-0.05, 0) is 18.2 Å². The zero-order valence-corrected chi connectivity index (χ0v) is 13.1. The van der Waals surface area contributed by atoms with E-state index in [9.17, 15) is 10.2 Å². The van der Waals surface area contributed by atoms with E-state index in [0.29, 0.717) is 15.7 Å². The maximum Gasteiger partial charge on any atom is 0.0850 e. The Labute approximate surface area is 132 Å². The van der Waals surface area contributed by atoms with Crippen LogP contribution in [0, 0.1) is 0 Å². The molecule has 0 radical (unpaired) electrons. The predicted octanol–water partition coefficient (Wildman–Crippen LogP) is 3.00. The van der Waals surface area contributed by atoms with Gasteiger partial charge in [0.05, 0.1) is 24.0 Å². The lowest BCUT2D eigenvalue weighted by atomic mass is 10.2. The highest BCUT2D eigenvalue weighted by Gasteiger charge is 2.16. The van der Waals surface area contributed by atoms with Crippen LogP contribution in [0.3, 0.4) is 0 Å². The standard InChI is InChI=1S/C12H15Cl4NO2/c13-4-11(18)6-17(7-12(19)5-14)10-2-8(15)1-9(16)3-10/h1-3,11-12,18-19H,4-7H2. The van der Waals surface area contributed by atoms with Crippen molar-refractivity contribution in [1.29, 1.82) is 0 Å². The monoisotopic (exact) mass is 345 g/mol. The van der Waals surface area contributed by atoms with E-state index < -0.39 is 12.2 Å². The molecule has 19 heavy (non-hydrogen) atoms. The second kappa shape index (κ2) is 8.40. The third-order valence-corrected chi connectivity index (χ3v) is 3.58. The molecule has 0 saturated heterocycles. The third-order valence-electron chi connectivity index (χ3n) is 2.43. The first kappa shape index (κ1) is 17.2. The first-order valence-electron chi connectivity index (χ1n) is 5.65. The minimum atomic E-state index is -0.720. The number of alkyl halides is 2. The second-order valence-corrected chi connectivity index (χ2v) is 5.64. The Morgan fingerprint density at radius 3 is 1.68 bits per heavy atom. The summed E-state index contributed by atoms with van der Waals surface area (Å²) in [4.78, 5) is 1.75. The average molecular weight is 347 g/mol. The van der Waals surface area contributed by atoms with Gasteiger partial charge in [-0.1, -0.05) is 23.2 Å². The fraction of sp³-hybridized carbons (Fsp3) is 0.500. The zero-order valence-electron chi connectivity index (χ0n) is 10.1. The highest BCUT2D eigenvalue weighted by atomic mass is 35.5. The van der Waals surface area contributed by atoms with Crippen molar-refractivity contribution in [3.63, 3.8) is 0 Å². The number of anilines is 1. The number of nitrogens with zero attached hydrogens (tertiary/aromatic N) is 1. The normalized spacial score (nSPS) is 14.2. The second-order valence-electron chi connectivity index (χ2n) is 4.15. The Balaban J connectivity index is 2.93. The Hall–Kier alpha value is 0.1000. The highest BCUT2D eigenvalue weighted by Crippen LogP contribution is 2.26. The molecule has 0 aliphatic carbocycles. The molecule has 0 fully saturated rings. The summed E-state index contributed by atoms with van der Waals surface area (Å²) >= 11 is 23.1. The van der Waals surface area contributed by atoms with Gasteiger partial charge in [0.2, 0.25) is 0 Å². The van der Waals surface area contributed by atoms with E-state index in [1.54, 1.807) is 23.1 Å². The number of hydrogen-bond donors (Lipinski definition) is 2. The number of aliphatic hydroxyl groups is 2. The molecule has 0 spiro atoms. The Bertz CT molecular complexity index is 373. The summed E-state index contributed by atoms with van der Waals surface area (Å²) < 4.78 is 0. The van der Waals surface area contributed by atoms with Crippen LogP contribution in [0.5, 0.6) is 0 Å². The van der Waals surface area contributed by atoms with Gasteiger partial charge < -0.3 is 15.1 Å². The van der Waals surface area contributed by atoms with Crippen molar-refractivity contribution in [2.75, 3.05) is 29.7 Å². The molecule has 7 heteroatoms. The summed E-state index contributed by atoms with van der Waals surface area (Å²) in [6.07, 6.45) is -1.44. The molecule has 1 aromatic carbocycles. The van der Waals surface area contributed by atoms with E-state index in [-0.39, 0.29) is 24.8 Å². The molecular formula is C12H15Cl4NO2. The smallest absolute Gasteiger partial charge is 0.0850 e. The summed E-state index contributed by atoms with van der Waals surface area (Å²) in [5.41, 5.74) is 0.700. The topological polar surface area (TPSA) is 43.7 Å². The van der Waals surface area contributed by atoms with E-state index in [1.165, 1.54) is 0 Å². The van der Waals surface area contributed by atoms with Crippen LogP contribution < -0.4 is 4.90 Å². The van der Waals surface area contributed by atoms with Gasteiger partial charge in [-0.15, -0.1) is 23.2 Å². The van der Waals surface area contributed by atoms with Gasteiger partial charge in [-0.2, -0.15) is 0 Å². The largest absolute Gasteiger partial charge is 0.390 e. The van der Waals surface area contributed by atoms with Crippen LogP contribution in [0.2, 0.25) is 10.0 Å². The van der Waals surface area contributed by atoms with E-state index in [2.05, 4.69) is 0 Å². The van der Waals surface area contributed by atoms with Gasteiger partial charge in [0.25, 0.3) is 0 Å². The molecule has 108 valence electrons. The minimum absolute atomic E-state index is 0.0990. The maximum absolute atomic E-state index is 9.66. The first-order valence-corrected chi connectivity index (χ1v) is 7.47. The van der Waals surface area contributed by atoms with Gasteiger partial charge in [-0.3, -0.25) is 0 Å². The molecule has 1 rings (SSSR count). The number of rotatable bonds is 7. The molecule has 3 nitrogen and oxygen atoms in total. The number of aliphatic hydroxyl groups excluding tert-OH is 2. The van der Waals surface area contributed by atoms with Gasteiger partial charge in [0.1, 0.15) is 0 Å². The molecule has 0 aromatic heterocycles. The van der Waals surface area contributed by atoms with Crippen LogP contribution in [0.15, 0.2) is 18.2 Å². The molecular weight excluding hydrogens is 332 g/mol. The first-order chi connectivity index (χ1) is 8.96. The van der Waals surface area contributed by atoms with E-state index >= 15 is 0 Å². The lowest BCUT2D eigenvalue weighted by molar-refractivity contribution is 0.181. The molecule has 2 unspecified atom stereocenters. The van der Waals surface area contributed by atoms with Gasteiger partial charge in [-0.25, -0.2) is 0 Å². The molecule has 0 saturated carbocycles. The predicted molar refractivity (Wildman–Crippen MR) is 82.1 cm³/mol. The van der Waals surface area contributed by atoms with E-state index in [0.717, 1.165) is 0 Å². The number of hydrogen-bond acceptors (Lipinski definition) is 3. The van der Waals surface area contributed by atoms with Gasteiger partial charge in [0, 0.05) is 28.8 Å². The SMILES string of the molecule is OC(CCl)CN(CC(O)CCl)c1cc(Cl)cc(Cl)c1. The molecule has 2 N–H and O–H groups in total. The zero-order chi connectivity index (χ0) is 14.4. The lowest BCUT2D eigenvalue weighted by Crippen LogP contribution is -2.39. The van der Waals surface area contributed by atoms with Crippen LogP contribution in [0.1, 0.15) is 0 Å². The Morgan fingerprint density at radius 1 is 0.895 bits per heavy atom. The fourth-order valence-corrected chi connectivity index (χ4v) is 2.32. The molecule has 0 heterocycles. The molecule has 0 amide bonds. The quantitative estimate of drug-likeness (QED) is 0.746. The van der Waals surface area contributed by atoms with Crippen LogP contribution in [0.25, 0.3) is 0 Å². The van der Waals surface area contributed by atoms with Crippen LogP contribution >= 0.6 is 46.4 Å². The average Bonchev–Trinajstić information content (AvgIpc) is 2.36. The fourth-order valence-electron chi connectivity index (χ4n) is 1.61. The number of benzene rings is 1. The molecule has 1 aromatic rings. The Kier molecular flexibility index (Phi) is 7.58. The van der Waals surface area contributed by atoms with Crippen LogP contribution in [0.4, 0.5) is 5.69 Å². The van der Waals surface area contributed by atoms with E-state index in [4.69, 9.17) is 46.4 Å². The molecule has 0 aliphatic heterocycles. The minimum Gasteiger partial charge on any atom is -0.390 e. The maximum atomic E-state index is 9.66. The summed E-state index contributed by atoms with van der Waals surface area (Å²) in [6.45, 7) is 0.516. The molecule has 0 bridgehead atoms. The third kappa shape index (κ3) is 5.94. The summed E-state index contributed by atoms with van der Waals surface area (Å²) in [5, 5.41) is 20.3. The summed E-state index contributed by atoms with van der Waals surface area (Å²) in [7, 11) is 0. The Morgan fingerprint density at radius 2 is 1.32 bits per heavy atom. The van der Waals surface area contributed by atoms with Crippen LogP contribution in [-0.4, -0.2) is 47.3 Å².